The summed E-state index contributed by atoms with van der Waals surface area (Å²) in [7, 11) is 1.34. The molecule has 0 radical (unpaired) electrons. The molecule has 0 atom stereocenters. The number of rotatable bonds is 4. The molecule has 0 aromatic heterocycles. The minimum Gasteiger partial charge on any atom is -0.569 e. The van der Waals surface area contributed by atoms with Crippen LogP contribution in [0.4, 0.5) is 0 Å². The van der Waals surface area contributed by atoms with Crippen LogP contribution in [0.1, 0.15) is 13.8 Å². The molecule has 0 saturated carbocycles. The Bertz CT molecular complexity index is 111. The van der Waals surface area contributed by atoms with Crippen molar-refractivity contribution >= 4 is 0 Å². The molecule has 60 valence electrons. The summed E-state index contributed by atoms with van der Waals surface area (Å²) in [6, 6.07) is 0. The third-order valence-corrected chi connectivity index (χ3v) is 1.12. The van der Waals surface area contributed by atoms with Gasteiger partial charge in [-0.15, -0.1) is 5.01 Å². The minimum atomic E-state index is 0.444. The van der Waals surface area contributed by atoms with Crippen molar-refractivity contribution < 1.29 is 9.81 Å². The molecule has 0 aliphatic carbocycles. The fraction of sp³-hybridized carbons (Fsp3) is 1.00. The second kappa shape index (κ2) is 4.84. The molecular weight excluding hydrogens is 134 g/mol. The molecule has 0 N–H and O–H groups in total. The zero-order chi connectivity index (χ0) is 7.98. The highest BCUT2D eigenvalue weighted by atomic mass is 16.7. The van der Waals surface area contributed by atoms with Crippen LogP contribution >= 0.6 is 0 Å². The van der Waals surface area contributed by atoms with Crippen LogP contribution in [-0.2, 0) is 4.84 Å². The third kappa shape index (κ3) is 2.52. The topological polar surface area (TPSA) is 50.9 Å². The first-order chi connectivity index (χ1) is 4.76. The van der Waals surface area contributed by atoms with Gasteiger partial charge in [0.1, 0.15) is 7.11 Å². The predicted octanol–water partition coefficient (Wildman–Crippen LogP) is 0.767. The smallest absolute Gasteiger partial charge is 0.232 e. The van der Waals surface area contributed by atoms with Gasteiger partial charge in [-0.2, -0.15) is 0 Å². The van der Waals surface area contributed by atoms with Gasteiger partial charge in [-0.05, 0) is 13.8 Å². The number of nitrogens with zero attached hydrogens (tertiary/aromatic N) is 3. The summed E-state index contributed by atoms with van der Waals surface area (Å²) in [5, 5.41) is 15.4. The lowest BCUT2D eigenvalue weighted by Crippen LogP contribution is -2.30. The second-order valence-electron chi connectivity index (χ2n) is 1.66. The number of hydrogen-bond donors (Lipinski definition) is 0. The van der Waals surface area contributed by atoms with Gasteiger partial charge in [-0.25, -0.2) is 0 Å². The maximum absolute atomic E-state index is 10.8. The molecule has 0 saturated heterocycles. The van der Waals surface area contributed by atoms with Gasteiger partial charge in [-0.3, -0.25) is 0 Å². The average molecular weight is 147 g/mol. The molecule has 0 unspecified atom stereocenters. The van der Waals surface area contributed by atoms with Crippen molar-refractivity contribution in [2.24, 2.45) is 5.28 Å². The van der Waals surface area contributed by atoms with E-state index < -0.39 is 0 Å². The van der Waals surface area contributed by atoms with Crippen molar-refractivity contribution in [3.63, 3.8) is 0 Å². The molecule has 0 aromatic carbocycles. The summed E-state index contributed by atoms with van der Waals surface area (Å²) in [6.07, 6.45) is 0. The zero-order valence-corrected chi connectivity index (χ0v) is 6.57. The molecule has 0 amide bonds. The van der Waals surface area contributed by atoms with E-state index in [-0.39, 0.29) is 0 Å². The molecule has 0 fully saturated rings. The molecule has 0 bridgehead atoms. The van der Waals surface area contributed by atoms with E-state index in [0.717, 1.165) is 0 Å². The van der Waals surface area contributed by atoms with Crippen molar-refractivity contribution in [2.45, 2.75) is 13.8 Å². The third-order valence-electron chi connectivity index (χ3n) is 1.12. The standard InChI is InChI=1S/C5H13N3O2/c1-4-7(5-2)8(9)6-10-3/h4-5H2,1-3H3/b8-6+. The van der Waals surface area contributed by atoms with Crippen molar-refractivity contribution in [3.8, 4) is 0 Å². The van der Waals surface area contributed by atoms with Gasteiger partial charge in [0.05, 0.1) is 18.1 Å². The lowest BCUT2D eigenvalue weighted by atomic mass is 10.6. The summed E-state index contributed by atoms with van der Waals surface area (Å²) in [4.78, 5) is 4.73. The molecule has 5 nitrogen and oxygen atoms in total. The monoisotopic (exact) mass is 147 g/mol. The molecule has 0 rings (SSSR count). The Labute approximate surface area is 60.4 Å². The van der Waals surface area contributed by atoms with Crippen LogP contribution in [0.2, 0.25) is 0 Å². The van der Waals surface area contributed by atoms with Crippen molar-refractivity contribution in [3.05, 3.63) is 5.21 Å². The highest BCUT2D eigenvalue weighted by Crippen LogP contribution is 1.88. The lowest BCUT2D eigenvalue weighted by molar-refractivity contribution is -0.709. The molecule has 0 spiro atoms. The molecular formula is C5H13N3O2. The summed E-state index contributed by atoms with van der Waals surface area (Å²) < 4.78 is 0. The van der Waals surface area contributed by atoms with E-state index in [1.54, 1.807) is 0 Å². The summed E-state index contributed by atoms with van der Waals surface area (Å²) >= 11 is 0. The number of hydrogen-bond acceptors (Lipinski definition) is 3. The molecule has 10 heavy (non-hydrogen) atoms. The van der Waals surface area contributed by atoms with Crippen molar-refractivity contribution in [1.29, 1.82) is 0 Å². The minimum absolute atomic E-state index is 0.444. The van der Waals surface area contributed by atoms with Crippen LogP contribution in [0.25, 0.3) is 0 Å². The van der Waals surface area contributed by atoms with Gasteiger partial charge in [0, 0.05) is 0 Å². The van der Waals surface area contributed by atoms with E-state index in [9.17, 15) is 5.21 Å². The average Bonchev–Trinajstić information content (AvgIpc) is 1.91. The first-order valence-corrected chi connectivity index (χ1v) is 3.22. The molecule has 5 heteroatoms. The zero-order valence-electron chi connectivity index (χ0n) is 6.57. The van der Waals surface area contributed by atoms with E-state index >= 15 is 0 Å². The molecule has 0 aliphatic rings. The van der Waals surface area contributed by atoms with Gasteiger partial charge in [-0.1, -0.05) is 0 Å². The van der Waals surface area contributed by atoms with Crippen LogP contribution in [0.3, 0.4) is 0 Å². The van der Waals surface area contributed by atoms with E-state index in [1.165, 1.54) is 12.1 Å². The molecule has 0 heterocycles. The summed E-state index contributed by atoms with van der Waals surface area (Å²) in [5.41, 5.74) is 0. The lowest BCUT2D eigenvalue weighted by Gasteiger charge is -2.12. The van der Waals surface area contributed by atoms with E-state index in [1.807, 2.05) is 13.8 Å². The molecule has 0 aliphatic heterocycles. The first kappa shape index (κ1) is 9.00. The van der Waals surface area contributed by atoms with Crippen LogP contribution in [-0.4, -0.2) is 30.2 Å². The maximum Gasteiger partial charge on any atom is 0.232 e. The summed E-state index contributed by atoms with van der Waals surface area (Å²) in [6.45, 7) is 5.01. The fourth-order valence-corrected chi connectivity index (χ4v) is 0.587. The van der Waals surface area contributed by atoms with Crippen LogP contribution in [0.5, 0.6) is 0 Å². The first-order valence-electron chi connectivity index (χ1n) is 3.22. The molecule has 0 aromatic rings. The fourth-order valence-electron chi connectivity index (χ4n) is 0.587. The Morgan fingerprint density at radius 3 is 2.30 bits per heavy atom. The van der Waals surface area contributed by atoms with Gasteiger partial charge in [0.15, 0.2) is 0 Å². The van der Waals surface area contributed by atoms with E-state index in [4.69, 9.17) is 0 Å². The number of hydrazine groups is 1. The Morgan fingerprint density at radius 1 is 1.50 bits per heavy atom. The highest BCUT2D eigenvalue weighted by Gasteiger charge is 2.04. The quantitative estimate of drug-likeness (QED) is 0.335. The van der Waals surface area contributed by atoms with E-state index in [2.05, 4.69) is 10.1 Å². The van der Waals surface area contributed by atoms with E-state index in [0.29, 0.717) is 18.1 Å². The van der Waals surface area contributed by atoms with Crippen LogP contribution < -0.4 is 0 Å². The van der Waals surface area contributed by atoms with Gasteiger partial charge >= 0.3 is 0 Å². The van der Waals surface area contributed by atoms with Crippen molar-refractivity contribution in [2.75, 3.05) is 20.2 Å². The predicted molar refractivity (Wildman–Crippen MR) is 36.0 cm³/mol. The normalized spacial score (nSPS) is 11.3. The second-order valence-corrected chi connectivity index (χ2v) is 1.66. The van der Waals surface area contributed by atoms with Crippen molar-refractivity contribution in [1.82, 2.24) is 5.01 Å². The van der Waals surface area contributed by atoms with Crippen LogP contribution in [0.15, 0.2) is 5.28 Å². The largest absolute Gasteiger partial charge is 0.569 e. The Balaban J connectivity index is 3.87. The maximum atomic E-state index is 10.8. The SMILES string of the molecule is CCN(CC)/[N+]([O-])=N\OC. The van der Waals surface area contributed by atoms with Gasteiger partial charge in [0.25, 0.3) is 0 Å². The van der Waals surface area contributed by atoms with Gasteiger partial charge < -0.3 is 10.0 Å². The highest BCUT2D eigenvalue weighted by molar-refractivity contribution is 4.29. The summed E-state index contributed by atoms with van der Waals surface area (Å²) in [5.74, 6) is 0. The Hall–Kier alpha value is -1.00. The van der Waals surface area contributed by atoms with Gasteiger partial charge in [0.2, 0.25) is 5.28 Å². The van der Waals surface area contributed by atoms with Crippen LogP contribution in [0, 0.1) is 5.21 Å². The Morgan fingerprint density at radius 2 is 2.00 bits per heavy atom. The Kier molecular flexibility index (Phi) is 4.36.